The Morgan fingerprint density at radius 2 is 1.91 bits per heavy atom. The second kappa shape index (κ2) is 9.67. The van der Waals surface area contributed by atoms with Crippen LogP contribution in [0.4, 0.5) is 27.8 Å². The minimum atomic E-state index is -5.08. The molecule has 0 radical (unpaired) electrons. The van der Waals surface area contributed by atoms with E-state index in [-0.39, 0.29) is 17.3 Å². The number of likely N-dealkylation sites (N-methyl/N-ethyl adjacent to an activating group) is 1. The number of hydrogen-bond donors (Lipinski definition) is 3. The number of carbonyl (C=O) groups is 2. The number of alkyl halides is 3. The van der Waals surface area contributed by atoms with E-state index in [2.05, 4.69) is 27.5 Å². The summed E-state index contributed by atoms with van der Waals surface area (Å²) in [5.74, 6) is -4.12. The number of halogens is 5. The van der Waals surface area contributed by atoms with Gasteiger partial charge in [-0.1, -0.05) is 0 Å². The van der Waals surface area contributed by atoms with Crippen LogP contribution in [-0.4, -0.2) is 51.8 Å². The Kier molecular flexibility index (Phi) is 7.12. The minimum absolute atomic E-state index is 0.169. The maximum absolute atomic E-state index is 14.0. The Morgan fingerprint density at radius 1 is 1.21 bits per heavy atom. The van der Waals surface area contributed by atoms with Gasteiger partial charge in [0, 0.05) is 35.2 Å². The number of carboxylic acid groups (broad SMARTS) is 1. The van der Waals surface area contributed by atoms with Crippen molar-refractivity contribution in [1.29, 1.82) is 0 Å². The number of benzene rings is 1. The van der Waals surface area contributed by atoms with Crippen LogP contribution in [0, 0.1) is 11.6 Å². The van der Waals surface area contributed by atoms with Crippen molar-refractivity contribution < 1.29 is 36.6 Å². The fraction of sp³-hybridized carbons (Fsp3) is 0.250. The van der Waals surface area contributed by atoms with Gasteiger partial charge in [0.2, 0.25) is 0 Å². The highest BCUT2D eigenvalue weighted by Gasteiger charge is 2.38. The number of aliphatic carboxylic acids is 1. The summed E-state index contributed by atoms with van der Waals surface area (Å²) in [5, 5.41) is 16.4. The van der Waals surface area contributed by atoms with E-state index in [0.29, 0.717) is 10.4 Å². The zero-order valence-electron chi connectivity index (χ0n) is 17.0. The number of carbonyl (C=O) groups excluding carboxylic acids is 1. The highest BCUT2D eigenvalue weighted by atomic mass is 32.1. The van der Waals surface area contributed by atoms with Crippen LogP contribution in [0.3, 0.4) is 0 Å². The molecule has 2 aromatic heterocycles. The van der Waals surface area contributed by atoms with Crippen LogP contribution < -0.4 is 5.32 Å². The van der Waals surface area contributed by atoms with E-state index in [1.807, 2.05) is 6.07 Å². The van der Waals surface area contributed by atoms with Crippen LogP contribution in [0.5, 0.6) is 0 Å². The molecule has 0 fully saturated rings. The number of nitrogens with zero attached hydrogens (tertiary/aromatic N) is 2. The van der Waals surface area contributed by atoms with Crippen LogP contribution in [0.25, 0.3) is 11.1 Å². The van der Waals surface area contributed by atoms with Crippen LogP contribution in [0.15, 0.2) is 30.5 Å². The maximum atomic E-state index is 14.0. The molecule has 3 N–H and O–H groups in total. The summed E-state index contributed by atoms with van der Waals surface area (Å²) in [4.78, 5) is 25.5. The number of H-pyrrole nitrogens is 1. The molecule has 3 heterocycles. The highest BCUT2D eigenvalue weighted by Crippen LogP contribution is 2.31. The molecule has 1 aliphatic heterocycles. The smallest absolute Gasteiger partial charge is 0.475 e. The number of amides is 1. The van der Waals surface area contributed by atoms with Crippen LogP contribution >= 0.6 is 11.3 Å². The molecule has 1 aliphatic rings. The van der Waals surface area contributed by atoms with E-state index in [9.17, 15) is 26.7 Å². The van der Waals surface area contributed by atoms with Gasteiger partial charge in [-0.25, -0.2) is 13.6 Å². The van der Waals surface area contributed by atoms with Gasteiger partial charge in [-0.05, 0) is 37.2 Å². The number of aromatic amines is 1. The monoisotopic (exact) mass is 488 g/mol. The lowest BCUT2D eigenvalue weighted by Crippen LogP contribution is -2.24. The molecule has 0 aliphatic carbocycles. The van der Waals surface area contributed by atoms with E-state index < -0.39 is 23.8 Å². The average molecular weight is 488 g/mol. The molecule has 0 unspecified atom stereocenters. The Hall–Kier alpha value is -3.32. The van der Waals surface area contributed by atoms with Gasteiger partial charge in [0.15, 0.2) is 0 Å². The van der Waals surface area contributed by atoms with Gasteiger partial charge >= 0.3 is 12.1 Å². The van der Waals surface area contributed by atoms with Gasteiger partial charge in [-0.2, -0.15) is 18.3 Å². The molecule has 1 aromatic carbocycles. The fourth-order valence-electron chi connectivity index (χ4n) is 3.03. The van der Waals surface area contributed by atoms with Gasteiger partial charge in [-0.3, -0.25) is 9.89 Å². The number of carboxylic acids is 1. The predicted octanol–water partition coefficient (Wildman–Crippen LogP) is 4.29. The molecule has 0 saturated heterocycles. The van der Waals surface area contributed by atoms with Crippen molar-refractivity contribution in [3.05, 3.63) is 57.4 Å². The zero-order chi connectivity index (χ0) is 24.3. The molecule has 0 bridgehead atoms. The van der Waals surface area contributed by atoms with Crippen molar-refractivity contribution in [2.45, 2.75) is 19.1 Å². The summed E-state index contributed by atoms with van der Waals surface area (Å²) in [7, 11) is 2.05. The quantitative estimate of drug-likeness (QED) is 0.478. The first kappa shape index (κ1) is 24.3. The molecule has 0 spiro atoms. The summed E-state index contributed by atoms with van der Waals surface area (Å²) in [6.07, 6.45) is -2.76. The second-order valence-corrected chi connectivity index (χ2v) is 8.22. The van der Waals surface area contributed by atoms with Crippen molar-refractivity contribution in [2.75, 3.05) is 18.9 Å². The van der Waals surface area contributed by atoms with Gasteiger partial charge in [0.25, 0.3) is 5.91 Å². The minimum Gasteiger partial charge on any atom is -0.475 e. The van der Waals surface area contributed by atoms with Crippen LogP contribution in [-0.2, 0) is 17.8 Å². The molecular weight excluding hydrogens is 471 g/mol. The summed E-state index contributed by atoms with van der Waals surface area (Å²) >= 11 is 1.46. The number of anilines is 1. The molecule has 4 rings (SSSR count). The lowest BCUT2D eigenvalue weighted by atomic mass is 10.1. The number of rotatable bonds is 3. The zero-order valence-corrected chi connectivity index (χ0v) is 17.8. The van der Waals surface area contributed by atoms with E-state index in [1.165, 1.54) is 40.1 Å². The van der Waals surface area contributed by atoms with Crippen molar-refractivity contribution in [2.24, 2.45) is 0 Å². The third-order valence-electron chi connectivity index (χ3n) is 4.64. The molecule has 0 saturated carbocycles. The predicted molar refractivity (Wildman–Crippen MR) is 110 cm³/mol. The Labute approximate surface area is 187 Å². The lowest BCUT2D eigenvalue weighted by molar-refractivity contribution is -0.192. The first-order valence-corrected chi connectivity index (χ1v) is 10.2. The van der Waals surface area contributed by atoms with Crippen molar-refractivity contribution >= 4 is 29.0 Å². The van der Waals surface area contributed by atoms with Crippen molar-refractivity contribution in [3.8, 4) is 11.1 Å². The van der Waals surface area contributed by atoms with Crippen molar-refractivity contribution in [3.63, 3.8) is 0 Å². The molecule has 3 aromatic rings. The summed E-state index contributed by atoms with van der Waals surface area (Å²) < 4.78 is 58.9. The Balaban J connectivity index is 0.000000383. The van der Waals surface area contributed by atoms with Gasteiger partial charge < -0.3 is 15.3 Å². The van der Waals surface area contributed by atoms with Crippen LogP contribution in [0.1, 0.15) is 20.1 Å². The van der Waals surface area contributed by atoms with Crippen LogP contribution in [0.2, 0.25) is 0 Å². The van der Waals surface area contributed by atoms with E-state index in [1.54, 1.807) is 0 Å². The number of hydrogen-bond acceptors (Lipinski definition) is 5. The third kappa shape index (κ3) is 5.93. The second-order valence-electron chi connectivity index (χ2n) is 7.09. The number of nitrogens with one attached hydrogen (secondary N) is 2. The van der Waals surface area contributed by atoms with Crippen molar-refractivity contribution in [1.82, 2.24) is 15.1 Å². The molecule has 33 heavy (non-hydrogen) atoms. The first-order chi connectivity index (χ1) is 15.5. The van der Waals surface area contributed by atoms with Gasteiger partial charge in [0.1, 0.15) is 17.5 Å². The Bertz CT molecular complexity index is 1170. The third-order valence-corrected chi connectivity index (χ3v) is 5.80. The number of fused-ring (bicyclic) bond motifs is 1. The molecule has 7 nitrogen and oxygen atoms in total. The fourth-order valence-corrected chi connectivity index (χ4v) is 4.22. The first-order valence-electron chi connectivity index (χ1n) is 9.36. The molecule has 176 valence electrons. The average Bonchev–Trinajstić information content (AvgIpc) is 3.34. The number of thiophene rings is 1. The summed E-state index contributed by atoms with van der Waals surface area (Å²) in [6, 6.07) is 5.21. The molecular formula is C20H17F5N4O3S. The van der Waals surface area contributed by atoms with Gasteiger partial charge in [0.05, 0.1) is 11.1 Å². The lowest BCUT2D eigenvalue weighted by Gasteiger charge is -2.21. The topological polar surface area (TPSA) is 98.3 Å². The SMILES string of the molecule is CN1CCc2cc(C(=O)Nc3[nH]ncc3-c3ccc(F)cc3F)sc2C1.O=C(O)C(F)(F)F. The normalized spacial score (nSPS) is 13.6. The molecule has 1 amide bonds. The molecule has 0 atom stereocenters. The summed E-state index contributed by atoms with van der Waals surface area (Å²) in [5.41, 5.74) is 1.74. The number of aromatic nitrogens is 2. The van der Waals surface area contributed by atoms with E-state index in [0.717, 1.165) is 25.6 Å². The van der Waals surface area contributed by atoms with E-state index in [4.69, 9.17) is 9.90 Å². The molecule has 13 heteroatoms. The Morgan fingerprint density at radius 3 is 2.55 bits per heavy atom. The summed E-state index contributed by atoms with van der Waals surface area (Å²) in [6.45, 7) is 1.81. The largest absolute Gasteiger partial charge is 0.490 e. The van der Waals surface area contributed by atoms with E-state index >= 15 is 0 Å². The standard InChI is InChI=1S/C18H16F2N4OS.C2HF3O2/c1-24-5-4-10-6-15(26-16(10)9-24)18(25)22-17-13(8-21-23-17)12-3-2-11(19)7-14(12)20;3-2(4,5)1(6)7/h2-3,6-8H,4-5,9H2,1H3,(H2,21,22,23,25);(H,6,7). The van der Waals surface area contributed by atoms with Gasteiger partial charge in [-0.15, -0.1) is 11.3 Å². The maximum Gasteiger partial charge on any atom is 0.490 e. The highest BCUT2D eigenvalue weighted by molar-refractivity contribution is 7.14.